The highest BCUT2D eigenvalue weighted by Crippen LogP contribution is 2.38. The predicted octanol–water partition coefficient (Wildman–Crippen LogP) is 3.69. The molecule has 1 N–H and O–H groups in total. The van der Waals surface area contributed by atoms with Gasteiger partial charge >= 0.3 is 0 Å². The molecule has 1 aliphatic carbocycles. The van der Waals surface area contributed by atoms with Gasteiger partial charge in [0.05, 0.1) is 6.42 Å². The number of hydrogen-bond acceptors (Lipinski definition) is 4. The number of carbonyl (C=O) groups excluding carboxylic acids is 1. The van der Waals surface area contributed by atoms with Gasteiger partial charge in [-0.25, -0.2) is 0 Å². The molecule has 0 saturated heterocycles. The number of nitro groups is 1. The van der Waals surface area contributed by atoms with Crippen molar-refractivity contribution in [2.45, 2.75) is 38.6 Å². The summed E-state index contributed by atoms with van der Waals surface area (Å²) in [5.41, 5.74) is 0.163. The van der Waals surface area contributed by atoms with Gasteiger partial charge in [-0.15, -0.1) is 0 Å². The van der Waals surface area contributed by atoms with E-state index in [0.29, 0.717) is 5.57 Å². The molecular weight excluding hydrogens is 282 g/mol. The topological polar surface area (TPSA) is 80.4 Å². The van der Waals surface area contributed by atoms with Crippen molar-refractivity contribution in [3.05, 3.63) is 62.9 Å². The lowest BCUT2D eigenvalue weighted by Crippen LogP contribution is -2.39. The van der Waals surface area contributed by atoms with Crippen LogP contribution in [0, 0.1) is 10.1 Å². The Kier molecular flexibility index (Phi) is 4.45. The van der Waals surface area contributed by atoms with Crippen LogP contribution in [0.25, 0.3) is 6.08 Å². The number of aliphatic hydroxyl groups is 1. The minimum absolute atomic E-state index is 0.0371. The Morgan fingerprint density at radius 1 is 1.36 bits per heavy atom. The zero-order valence-electron chi connectivity index (χ0n) is 12.7. The molecule has 0 spiro atoms. The lowest BCUT2D eigenvalue weighted by molar-refractivity contribution is -0.565. The van der Waals surface area contributed by atoms with Crippen molar-refractivity contribution < 1.29 is 14.8 Å². The smallest absolute Gasteiger partial charge is 0.227 e. The van der Waals surface area contributed by atoms with E-state index in [9.17, 15) is 20.0 Å². The summed E-state index contributed by atoms with van der Waals surface area (Å²) in [6.45, 7) is 3.20. The van der Waals surface area contributed by atoms with Crippen molar-refractivity contribution >= 4 is 11.9 Å². The number of rotatable bonds is 4. The monoisotopic (exact) mass is 301 g/mol. The molecule has 5 nitrogen and oxygen atoms in total. The zero-order chi connectivity index (χ0) is 16.3. The molecule has 0 heterocycles. The number of carbonyl (C=O) groups is 1. The average Bonchev–Trinajstić information content (AvgIpc) is 2.50. The van der Waals surface area contributed by atoms with Crippen molar-refractivity contribution in [2.24, 2.45) is 0 Å². The molecule has 1 aliphatic rings. The average molecular weight is 301 g/mol. The third kappa shape index (κ3) is 3.08. The second-order valence-corrected chi connectivity index (χ2v) is 5.79. The van der Waals surface area contributed by atoms with E-state index in [-0.39, 0.29) is 41.3 Å². The molecule has 0 aliphatic heterocycles. The first-order valence-corrected chi connectivity index (χ1v) is 7.23. The SMILES string of the molecule is CCC(=O)C1=C(O)/C(=C/c2ccccc2)CC(C)([N+](=O)[O-])C1. The molecule has 1 aromatic carbocycles. The van der Waals surface area contributed by atoms with Gasteiger partial charge in [0.15, 0.2) is 5.78 Å². The summed E-state index contributed by atoms with van der Waals surface area (Å²) in [7, 11) is 0. The maximum absolute atomic E-state index is 12.0. The maximum Gasteiger partial charge on any atom is 0.227 e. The fraction of sp³-hybridized carbons (Fsp3) is 0.353. The fourth-order valence-corrected chi connectivity index (χ4v) is 2.66. The fourth-order valence-electron chi connectivity index (χ4n) is 2.66. The van der Waals surface area contributed by atoms with Crippen molar-refractivity contribution in [1.82, 2.24) is 0 Å². The highest BCUT2D eigenvalue weighted by molar-refractivity contribution is 5.97. The van der Waals surface area contributed by atoms with Crippen LogP contribution in [0.15, 0.2) is 47.2 Å². The molecule has 0 amide bonds. The van der Waals surface area contributed by atoms with Crippen molar-refractivity contribution in [3.63, 3.8) is 0 Å². The molecule has 0 aromatic heterocycles. The van der Waals surface area contributed by atoms with Crippen LogP contribution in [0.4, 0.5) is 0 Å². The van der Waals surface area contributed by atoms with Gasteiger partial charge in [0.25, 0.3) is 0 Å². The largest absolute Gasteiger partial charge is 0.507 e. The number of Topliss-reactive ketones (excluding diaryl/α,β-unsaturated/α-hetero) is 1. The van der Waals surface area contributed by atoms with E-state index in [1.807, 2.05) is 30.3 Å². The minimum atomic E-state index is -1.27. The molecule has 0 saturated carbocycles. The molecule has 1 atom stereocenters. The summed E-state index contributed by atoms with van der Waals surface area (Å²) in [4.78, 5) is 23.1. The Labute approximate surface area is 129 Å². The first kappa shape index (κ1) is 15.9. The van der Waals surface area contributed by atoms with Gasteiger partial charge in [0.1, 0.15) is 5.76 Å². The number of aliphatic hydroxyl groups excluding tert-OH is 1. The second-order valence-electron chi connectivity index (χ2n) is 5.79. The summed E-state index contributed by atoms with van der Waals surface area (Å²) >= 11 is 0. The van der Waals surface area contributed by atoms with Crippen LogP contribution in [-0.4, -0.2) is 21.4 Å². The Morgan fingerprint density at radius 2 is 2.00 bits per heavy atom. The van der Waals surface area contributed by atoms with E-state index < -0.39 is 5.54 Å². The summed E-state index contributed by atoms with van der Waals surface area (Å²) < 4.78 is 0. The lowest BCUT2D eigenvalue weighted by atomic mass is 9.77. The maximum atomic E-state index is 12.0. The van der Waals surface area contributed by atoms with Crippen LogP contribution in [0.3, 0.4) is 0 Å². The first-order valence-electron chi connectivity index (χ1n) is 7.23. The van der Waals surface area contributed by atoms with E-state index in [4.69, 9.17) is 0 Å². The van der Waals surface area contributed by atoms with Crippen molar-refractivity contribution in [2.75, 3.05) is 0 Å². The van der Waals surface area contributed by atoms with Crippen LogP contribution in [0.2, 0.25) is 0 Å². The predicted molar refractivity (Wildman–Crippen MR) is 84.0 cm³/mol. The van der Waals surface area contributed by atoms with Gasteiger partial charge in [0, 0.05) is 35.8 Å². The van der Waals surface area contributed by atoms with Crippen molar-refractivity contribution in [3.8, 4) is 0 Å². The third-order valence-electron chi connectivity index (χ3n) is 3.96. The highest BCUT2D eigenvalue weighted by Gasteiger charge is 2.45. The van der Waals surface area contributed by atoms with E-state index >= 15 is 0 Å². The summed E-state index contributed by atoms with van der Waals surface area (Å²) in [6, 6.07) is 9.26. The first-order chi connectivity index (χ1) is 10.4. The summed E-state index contributed by atoms with van der Waals surface area (Å²) in [5, 5.41) is 21.8. The summed E-state index contributed by atoms with van der Waals surface area (Å²) in [5.74, 6) is -0.348. The molecule has 0 bridgehead atoms. The molecule has 1 unspecified atom stereocenters. The Balaban J connectivity index is 2.53. The van der Waals surface area contributed by atoms with Crippen molar-refractivity contribution in [1.29, 1.82) is 0 Å². The van der Waals surface area contributed by atoms with Crippen LogP contribution in [0.1, 0.15) is 38.7 Å². The molecular formula is C17H19NO4. The van der Waals surface area contributed by atoms with Gasteiger partial charge in [0.2, 0.25) is 5.54 Å². The second kappa shape index (κ2) is 6.13. The molecule has 1 aromatic rings. The standard InChI is InChI=1S/C17H19NO4/c1-3-15(19)14-11-17(2,18(21)22)10-13(16(14)20)9-12-7-5-4-6-8-12/h4-9,20H,3,10-11H2,1-2H3/b13-9+. The number of allylic oxidation sites excluding steroid dienone is 1. The Morgan fingerprint density at radius 3 is 2.55 bits per heavy atom. The molecule has 0 fully saturated rings. The Bertz CT molecular complexity index is 660. The highest BCUT2D eigenvalue weighted by atomic mass is 16.6. The minimum Gasteiger partial charge on any atom is -0.507 e. The van der Waals surface area contributed by atoms with Crippen LogP contribution in [-0.2, 0) is 4.79 Å². The molecule has 116 valence electrons. The normalized spacial score (nSPS) is 23.6. The molecule has 2 rings (SSSR count). The van der Waals surface area contributed by atoms with E-state index in [2.05, 4.69) is 0 Å². The van der Waals surface area contributed by atoms with E-state index in [0.717, 1.165) is 5.56 Å². The summed E-state index contributed by atoms with van der Waals surface area (Å²) in [6.07, 6.45) is 1.98. The third-order valence-corrected chi connectivity index (χ3v) is 3.96. The van der Waals surface area contributed by atoms with Gasteiger partial charge in [-0.05, 0) is 11.6 Å². The van der Waals surface area contributed by atoms with Gasteiger partial charge < -0.3 is 5.11 Å². The van der Waals surface area contributed by atoms with Gasteiger partial charge in [-0.1, -0.05) is 37.3 Å². The molecule has 22 heavy (non-hydrogen) atoms. The van der Waals surface area contributed by atoms with Gasteiger partial charge in [-0.2, -0.15) is 0 Å². The van der Waals surface area contributed by atoms with E-state index in [1.165, 1.54) is 6.92 Å². The number of benzene rings is 1. The van der Waals surface area contributed by atoms with Crippen LogP contribution in [0.5, 0.6) is 0 Å². The molecule has 0 radical (unpaired) electrons. The zero-order valence-corrected chi connectivity index (χ0v) is 12.7. The van der Waals surface area contributed by atoms with Crippen LogP contribution >= 0.6 is 0 Å². The van der Waals surface area contributed by atoms with Gasteiger partial charge in [-0.3, -0.25) is 14.9 Å². The molecule has 5 heteroatoms. The lowest BCUT2D eigenvalue weighted by Gasteiger charge is -2.28. The number of nitrogens with zero attached hydrogens (tertiary/aromatic N) is 1. The number of ketones is 1. The quantitative estimate of drug-likeness (QED) is 0.679. The Hall–Kier alpha value is -2.43. The van der Waals surface area contributed by atoms with Crippen LogP contribution < -0.4 is 0 Å². The van der Waals surface area contributed by atoms with E-state index in [1.54, 1.807) is 13.0 Å². The number of hydrogen-bond donors (Lipinski definition) is 1.